The van der Waals surface area contributed by atoms with Crippen molar-refractivity contribution in [2.45, 2.75) is 89.4 Å². The van der Waals surface area contributed by atoms with E-state index in [-0.39, 0.29) is 47.7 Å². The number of hydrogen-bond acceptors (Lipinski definition) is 7. The number of nitrogens with one attached hydrogen (secondary N) is 2. The highest BCUT2D eigenvalue weighted by molar-refractivity contribution is 5.82. The predicted octanol–water partition coefficient (Wildman–Crippen LogP) is 5.32. The third kappa shape index (κ3) is 5.65. The van der Waals surface area contributed by atoms with Crippen molar-refractivity contribution in [2.75, 3.05) is 18.5 Å². The highest BCUT2D eigenvalue weighted by Gasteiger charge is 2.49. The summed E-state index contributed by atoms with van der Waals surface area (Å²) in [7, 11) is 0. The number of amides is 1. The summed E-state index contributed by atoms with van der Waals surface area (Å²) in [4.78, 5) is 21.7. The Morgan fingerprint density at radius 2 is 1.83 bits per heavy atom. The van der Waals surface area contributed by atoms with Gasteiger partial charge >= 0.3 is 5.92 Å². The van der Waals surface area contributed by atoms with Crippen molar-refractivity contribution >= 4 is 11.7 Å². The zero-order valence-electron chi connectivity index (χ0n) is 23.5. The lowest BCUT2D eigenvalue weighted by Gasteiger charge is -2.46. The van der Waals surface area contributed by atoms with Gasteiger partial charge in [-0.1, -0.05) is 12.1 Å². The number of aliphatic hydroxyl groups is 1. The largest absolute Gasteiger partial charge is 0.384 e. The number of fused-ring (bicyclic) bond motifs is 2. The van der Waals surface area contributed by atoms with E-state index in [2.05, 4.69) is 20.6 Å². The molecule has 3 atom stereocenters. The summed E-state index contributed by atoms with van der Waals surface area (Å²) in [5.74, 6) is -4.68. The van der Waals surface area contributed by atoms with Crippen LogP contribution in [0.15, 0.2) is 18.2 Å². The zero-order chi connectivity index (χ0) is 29.7. The number of aryl methyl sites for hydroxylation is 1. The number of alkyl halides is 3. The Hall–Kier alpha value is -2.83. The minimum Gasteiger partial charge on any atom is -0.384 e. The second kappa shape index (κ2) is 11.1. The van der Waals surface area contributed by atoms with Crippen LogP contribution in [0.25, 0.3) is 0 Å². The molecule has 41 heavy (non-hydrogen) atoms. The molecule has 2 unspecified atom stereocenters. The molecule has 1 aliphatic heterocycles. The van der Waals surface area contributed by atoms with Crippen molar-refractivity contribution in [1.29, 1.82) is 0 Å². The third-order valence-corrected chi connectivity index (χ3v) is 8.42. The number of benzene rings is 1. The van der Waals surface area contributed by atoms with E-state index >= 15 is 8.78 Å². The fourth-order valence-corrected chi connectivity index (χ4v) is 5.98. The Balaban J connectivity index is 1.46. The van der Waals surface area contributed by atoms with E-state index < -0.39 is 47.3 Å². The van der Waals surface area contributed by atoms with Gasteiger partial charge < -0.3 is 25.2 Å². The van der Waals surface area contributed by atoms with Gasteiger partial charge in [0, 0.05) is 11.6 Å². The first-order chi connectivity index (χ1) is 19.3. The van der Waals surface area contributed by atoms with E-state index in [4.69, 9.17) is 9.47 Å². The molecule has 3 aliphatic carbocycles. The number of nitrogens with zero attached hydrogens (tertiary/aromatic N) is 2. The first kappa shape index (κ1) is 29.7. The average molecular weight is 581 g/mol. The number of hydrogen-bond donors (Lipinski definition) is 3. The molecule has 8 nitrogen and oxygen atoms in total. The standard InChI is InChI=1S/C29H36F4N4O4/c1-14(18-6-5-7-19(22(18)30)29(32,33)28(3,4)39)34-25-21(27-40-10-11-41-27)24(35-15(2)36-25)23(31)26(38)37-20-9-8-16-12-17(20)13-16/h5-7,14,16-17,20,23,27,39H,8-13H2,1-4H3,(H,37,38)(H,34,35,36)/t14?,16?,17?,20-,23?/m1/s1. The molecule has 0 spiro atoms. The van der Waals surface area contributed by atoms with Gasteiger partial charge in [0.05, 0.1) is 36.1 Å². The fourth-order valence-electron chi connectivity index (χ4n) is 5.98. The van der Waals surface area contributed by atoms with Crippen molar-refractivity contribution in [2.24, 2.45) is 11.8 Å². The van der Waals surface area contributed by atoms with Crippen molar-refractivity contribution in [3.63, 3.8) is 0 Å². The summed E-state index contributed by atoms with van der Waals surface area (Å²) in [5.41, 5.74) is -3.79. The van der Waals surface area contributed by atoms with Gasteiger partial charge in [-0.3, -0.25) is 4.79 Å². The number of carbonyl (C=O) groups is 1. The van der Waals surface area contributed by atoms with Crippen LogP contribution in [-0.4, -0.2) is 45.8 Å². The van der Waals surface area contributed by atoms with E-state index in [9.17, 15) is 18.7 Å². The molecular formula is C29H36F4N4O4. The summed E-state index contributed by atoms with van der Waals surface area (Å²) < 4.78 is 72.4. The summed E-state index contributed by atoms with van der Waals surface area (Å²) in [6.07, 6.45) is 0.637. The van der Waals surface area contributed by atoms with Gasteiger partial charge in [-0.25, -0.2) is 18.7 Å². The second-order valence-electron chi connectivity index (χ2n) is 11.9. The maximum atomic E-state index is 15.9. The van der Waals surface area contributed by atoms with Crippen molar-refractivity contribution in [3.05, 3.63) is 52.2 Å². The van der Waals surface area contributed by atoms with Crippen molar-refractivity contribution < 1.29 is 36.9 Å². The van der Waals surface area contributed by atoms with Crippen LogP contribution in [0.3, 0.4) is 0 Å². The van der Waals surface area contributed by atoms with Crippen LogP contribution in [0.4, 0.5) is 23.4 Å². The Morgan fingerprint density at radius 1 is 1.15 bits per heavy atom. The lowest BCUT2D eigenvalue weighted by Crippen LogP contribution is -2.50. The summed E-state index contributed by atoms with van der Waals surface area (Å²) >= 11 is 0. The Bertz CT molecular complexity index is 1290. The fraction of sp³-hybridized carbons (Fsp3) is 0.621. The summed E-state index contributed by atoms with van der Waals surface area (Å²) in [5, 5.41) is 15.8. The highest BCUT2D eigenvalue weighted by atomic mass is 19.3. The lowest BCUT2D eigenvalue weighted by atomic mass is 9.63. The van der Waals surface area contributed by atoms with Crippen molar-refractivity contribution in [1.82, 2.24) is 15.3 Å². The Labute approximate surface area is 236 Å². The van der Waals surface area contributed by atoms with E-state index in [1.165, 1.54) is 26.0 Å². The smallest absolute Gasteiger partial charge is 0.303 e. The van der Waals surface area contributed by atoms with Crippen LogP contribution in [-0.2, 0) is 20.2 Å². The van der Waals surface area contributed by atoms with Gasteiger partial charge in [0.1, 0.15) is 23.1 Å². The third-order valence-electron chi connectivity index (χ3n) is 8.42. The molecule has 2 aromatic rings. The van der Waals surface area contributed by atoms with E-state index in [0.717, 1.165) is 45.6 Å². The lowest BCUT2D eigenvalue weighted by molar-refractivity contribution is -0.170. The number of rotatable bonds is 9. The first-order valence-corrected chi connectivity index (χ1v) is 14.0. The van der Waals surface area contributed by atoms with E-state index in [1.807, 2.05) is 0 Å². The molecule has 2 bridgehead atoms. The maximum Gasteiger partial charge on any atom is 0.303 e. The number of carbonyl (C=O) groups excluding carboxylic acids is 1. The Morgan fingerprint density at radius 3 is 2.44 bits per heavy atom. The summed E-state index contributed by atoms with van der Waals surface area (Å²) in [6, 6.07) is 2.48. The molecule has 3 N–H and O–H groups in total. The van der Waals surface area contributed by atoms with Gasteiger partial charge in [-0.15, -0.1) is 0 Å². The average Bonchev–Trinajstić information content (AvgIpc) is 3.41. The highest BCUT2D eigenvalue weighted by Crippen LogP contribution is 2.46. The van der Waals surface area contributed by atoms with Gasteiger partial charge in [0.15, 0.2) is 6.29 Å². The van der Waals surface area contributed by atoms with Gasteiger partial charge in [0.2, 0.25) is 6.17 Å². The van der Waals surface area contributed by atoms with E-state index in [0.29, 0.717) is 11.8 Å². The van der Waals surface area contributed by atoms with Gasteiger partial charge in [-0.2, -0.15) is 8.78 Å². The number of halogens is 4. The molecule has 1 saturated heterocycles. The SMILES string of the molecule is Cc1nc(NC(C)c2cccc(C(F)(F)C(C)(C)O)c2F)c(C2OCCO2)c(C(F)C(=O)N[C@@H]2CCC3CC2C3)n1. The number of anilines is 1. The molecule has 224 valence electrons. The van der Waals surface area contributed by atoms with Crippen molar-refractivity contribution in [3.8, 4) is 0 Å². The maximum absolute atomic E-state index is 15.9. The zero-order valence-corrected chi connectivity index (χ0v) is 23.5. The molecular weight excluding hydrogens is 544 g/mol. The molecule has 1 aromatic heterocycles. The number of ether oxygens (including phenoxy) is 2. The van der Waals surface area contributed by atoms with Gasteiger partial charge in [0.25, 0.3) is 5.91 Å². The molecule has 1 aromatic carbocycles. The van der Waals surface area contributed by atoms with E-state index in [1.54, 1.807) is 0 Å². The normalized spacial score (nSPS) is 24.5. The molecule has 4 aliphatic rings. The first-order valence-electron chi connectivity index (χ1n) is 14.0. The van der Waals surface area contributed by atoms with Crippen LogP contribution in [0, 0.1) is 24.6 Å². The molecule has 3 saturated carbocycles. The molecule has 6 rings (SSSR count). The van der Waals surface area contributed by atoms with Crippen LogP contribution in [0.1, 0.15) is 93.2 Å². The second-order valence-corrected chi connectivity index (χ2v) is 11.9. The molecule has 0 radical (unpaired) electrons. The quantitative estimate of drug-likeness (QED) is 0.345. The molecule has 2 heterocycles. The monoisotopic (exact) mass is 580 g/mol. The van der Waals surface area contributed by atoms with Crippen LogP contribution in [0.5, 0.6) is 0 Å². The van der Waals surface area contributed by atoms with Crippen LogP contribution in [0.2, 0.25) is 0 Å². The van der Waals surface area contributed by atoms with Crippen LogP contribution >= 0.6 is 0 Å². The topological polar surface area (TPSA) is 106 Å². The van der Waals surface area contributed by atoms with Crippen LogP contribution < -0.4 is 10.6 Å². The minimum atomic E-state index is -3.88. The molecule has 12 heteroatoms. The predicted molar refractivity (Wildman–Crippen MR) is 141 cm³/mol. The minimum absolute atomic E-state index is 0.0286. The van der Waals surface area contributed by atoms with Gasteiger partial charge in [-0.05, 0) is 71.3 Å². The Kier molecular flexibility index (Phi) is 8.03. The summed E-state index contributed by atoms with van der Waals surface area (Å²) in [6.45, 7) is 5.27. The molecule has 4 fully saturated rings. The number of aromatic nitrogens is 2. The molecule has 1 amide bonds.